The van der Waals surface area contributed by atoms with E-state index in [0.29, 0.717) is 25.1 Å². The lowest BCUT2D eigenvalue weighted by Gasteiger charge is -2.32. The third-order valence-electron chi connectivity index (χ3n) is 4.84. The summed E-state index contributed by atoms with van der Waals surface area (Å²) >= 11 is 0. The fourth-order valence-corrected chi connectivity index (χ4v) is 3.21. The van der Waals surface area contributed by atoms with Crippen molar-refractivity contribution in [2.45, 2.75) is 50.6 Å². The van der Waals surface area contributed by atoms with Gasteiger partial charge in [0.25, 0.3) is 0 Å². The van der Waals surface area contributed by atoms with Gasteiger partial charge in [0.05, 0.1) is 7.11 Å². The van der Waals surface area contributed by atoms with Crippen molar-refractivity contribution in [1.82, 2.24) is 20.4 Å². The molecule has 0 unspecified atom stereocenters. The van der Waals surface area contributed by atoms with Crippen LogP contribution >= 0.6 is 0 Å². The summed E-state index contributed by atoms with van der Waals surface area (Å²) in [4.78, 5) is 31.1. The van der Waals surface area contributed by atoms with Gasteiger partial charge in [-0.05, 0) is 25.7 Å². The quantitative estimate of drug-likeness (QED) is 0.576. The van der Waals surface area contributed by atoms with Gasteiger partial charge < -0.3 is 25.2 Å². The third-order valence-corrected chi connectivity index (χ3v) is 4.84. The van der Waals surface area contributed by atoms with Crippen LogP contribution in [0.1, 0.15) is 38.5 Å². The molecule has 0 aromatic carbocycles. The lowest BCUT2D eigenvalue weighted by atomic mass is 10.1. The molecule has 2 rings (SSSR count). The maximum absolute atomic E-state index is 11.8. The highest BCUT2D eigenvalue weighted by Gasteiger charge is 2.25. The number of rotatable bonds is 4. The first-order valence-electron chi connectivity index (χ1n) is 9.10. The van der Waals surface area contributed by atoms with Crippen molar-refractivity contribution < 1.29 is 14.3 Å². The molecule has 1 saturated heterocycles. The molecule has 8 heteroatoms. The smallest absolute Gasteiger partial charge is 0.409 e. The Hall–Kier alpha value is -1.99. The molecule has 2 amide bonds. The molecular weight excluding hydrogens is 322 g/mol. The average Bonchev–Trinajstić information content (AvgIpc) is 3.12. The molecule has 0 spiro atoms. The molecule has 2 fully saturated rings. The Morgan fingerprint density at radius 1 is 1.08 bits per heavy atom. The minimum Gasteiger partial charge on any atom is -0.453 e. The molecule has 8 nitrogen and oxygen atoms in total. The number of likely N-dealkylation sites (tertiary alicyclic amines) is 1. The minimum absolute atomic E-state index is 0.0203. The zero-order valence-electron chi connectivity index (χ0n) is 15.6. The highest BCUT2D eigenvalue weighted by molar-refractivity contribution is 5.85. The van der Waals surface area contributed by atoms with Crippen LogP contribution in [0.4, 0.5) is 4.79 Å². The molecule has 1 heterocycles. The first-order chi connectivity index (χ1) is 12.0. The molecular formula is C17H31N5O3. The molecule has 0 aromatic heterocycles. The van der Waals surface area contributed by atoms with Gasteiger partial charge in [0.2, 0.25) is 5.91 Å². The Balaban J connectivity index is 1.90. The molecule has 142 valence electrons. The lowest BCUT2D eigenvalue weighted by Crippen LogP contribution is -2.51. The van der Waals surface area contributed by atoms with Crippen LogP contribution in [-0.4, -0.2) is 80.7 Å². The van der Waals surface area contributed by atoms with Crippen molar-refractivity contribution in [2.24, 2.45) is 4.99 Å². The Kier molecular flexibility index (Phi) is 7.33. The van der Waals surface area contributed by atoms with E-state index in [2.05, 4.69) is 15.6 Å². The number of amides is 2. The van der Waals surface area contributed by atoms with Crippen LogP contribution in [0.3, 0.4) is 0 Å². The highest BCUT2D eigenvalue weighted by Crippen LogP contribution is 2.18. The van der Waals surface area contributed by atoms with Crippen LogP contribution in [0, 0.1) is 0 Å². The van der Waals surface area contributed by atoms with Gasteiger partial charge in [-0.15, -0.1) is 0 Å². The Labute approximate surface area is 150 Å². The summed E-state index contributed by atoms with van der Waals surface area (Å²) < 4.78 is 4.77. The van der Waals surface area contributed by atoms with Crippen molar-refractivity contribution in [3.8, 4) is 0 Å². The zero-order chi connectivity index (χ0) is 18.2. The molecule has 1 aliphatic heterocycles. The second-order valence-corrected chi connectivity index (χ2v) is 6.95. The fourth-order valence-electron chi connectivity index (χ4n) is 3.21. The number of guanidine groups is 1. The van der Waals surface area contributed by atoms with E-state index in [0.717, 1.165) is 25.7 Å². The monoisotopic (exact) mass is 353 g/mol. The number of hydrogen-bond donors (Lipinski definition) is 2. The Morgan fingerprint density at radius 2 is 1.64 bits per heavy atom. The molecule has 2 aliphatic rings. The van der Waals surface area contributed by atoms with E-state index in [1.807, 2.05) is 0 Å². The normalized spacial score (nSPS) is 19.6. The van der Waals surface area contributed by atoms with Gasteiger partial charge in [-0.2, -0.15) is 0 Å². The maximum atomic E-state index is 11.8. The fraction of sp³-hybridized carbons (Fsp3) is 0.824. The molecule has 1 saturated carbocycles. The Morgan fingerprint density at radius 3 is 2.16 bits per heavy atom. The van der Waals surface area contributed by atoms with Crippen molar-refractivity contribution >= 4 is 18.0 Å². The standard InChI is InChI=1S/C17H31N5O3/c1-21(2)15(23)12-18-16(19-13-6-4-5-7-13)20-14-8-10-22(11-9-14)17(24)25-3/h13-14H,4-12H2,1-3H3,(H2,18,19,20). The van der Waals surface area contributed by atoms with E-state index in [-0.39, 0.29) is 24.6 Å². The van der Waals surface area contributed by atoms with Crippen molar-refractivity contribution in [3.05, 3.63) is 0 Å². The number of likely N-dealkylation sites (N-methyl/N-ethyl adjacent to an activating group) is 1. The second kappa shape index (κ2) is 9.48. The van der Waals surface area contributed by atoms with Crippen LogP contribution in [0.25, 0.3) is 0 Å². The van der Waals surface area contributed by atoms with Gasteiger partial charge in [0, 0.05) is 39.3 Å². The number of aliphatic imine (C=N–C) groups is 1. The third kappa shape index (κ3) is 6.10. The summed E-state index contributed by atoms with van der Waals surface area (Å²) in [5, 5.41) is 6.91. The zero-order valence-corrected chi connectivity index (χ0v) is 15.6. The summed E-state index contributed by atoms with van der Waals surface area (Å²) in [6.45, 7) is 1.46. The van der Waals surface area contributed by atoms with E-state index >= 15 is 0 Å². The predicted molar refractivity (Wildman–Crippen MR) is 96.5 cm³/mol. The summed E-state index contributed by atoms with van der Waals surface area (Å²) in [5.74, 6) is 0.687. The number of methoxy groups -OCH3 is 1. The van der Waals surface area contributed by atoms with E-state index in [1.165, 1.54) is 20.0 Å². The number of ether oxygens (including phenoxy) is 1. The van der Waals surface area contributed by atoms with Crippen LogP contribution in [0.2, 0.25) is 0 Å². The molecule has 1 aliphatic carbocycles. The van der Waals surface area contributed by atoms with Crippen molar-refractivity contribution in [3.63, 3.8) is 0 Å². The van der Waals surface area contributed by atoms with Crippen molar-refractivity contribution in [1.29, 1.82) is 0 Å². The first kappa shape index (κ1) is 19.3. The molecule has 0 radical (unpaired) electrons. The van der Waals surface area contributed by atoms with Gasteiger partial charge in [-0.25, -0.2) is 9.79 Å². The summed E-state index contributed by atoms with van der Waals surface area (Å²) in [6.07, 6.45) is 6.15. The lowest BCUT2D eigenvalue weighted by molar-refractivity contribution is -0.127. The first-order valence-corrected chi connectivity index (χ1v) is 9.10. The van der Waals surface area contributed by atoms with Gasteiger partial charge in [0.1, 0.15) is 6.54 Å². The van der Waals surface area contributed by atoms with E-state index < -0.39 is 0 Å². The highest BCUT2D eigenvalue weighted by atomic mass is 16.5. The van der Waals surface area contributed by atoms with Gasteiger partial charge >= 0.3 is 6.09 Å². The number of nitrogens with zero attached hydrogens (tertiary/aromatic N) is 3. The van der Waals surface area contributed by atoms with E-state index in [4.69, 9.17) is 4.74 Å². The molecule has 0 aromatic rings. The van der Waals surface area contributed by atoms with Crippen LogP contribution < -0.4 is 10.6 Å². The van der Waals surface area contributed by atoms with Crippen LogP contribution in [-0.2, 0) is 9.53 Å². The van der Waals surface area contributed by atoms with Crippen LogP contribution in [0.5, 0.6) is 0 Å². The average molecular weight is 353 g/mol. The SMILES string of the molecule is COC(=O)N1CCC(NC(=NCC(=O)N(C)C)NC2CCCC2)CC1. The molecule has 0 atom stereocenters. The maximum Gasteiger partial charge on any atom is 0.409 e. The Bertz CT molecular complexity index is 481. The number of carbonyl (C=O) groups excluding carboxylic acids is 2. The minimum atomic E-state index is -0.270. The van der Waals surface area contributed by atoms with E-state index in [9.17, 15) is 9.59 Å². The summed E-state index contributed by atoms with van der Waals surface area (Å²) in [6, 6.07) is 0.666. The van der Waals surface area contributed by atoms with Gasteiger partial charge in [-0.1, -0.05) is 12.8 Å². The summed E-state index contributed by atoms with van der Waals surface area (Å²) in [5.41, 5.74) is 0. The number of carbonyl (C=O) groups is 2. The van der Waals surface area contributed by atoms with Crippen LogP contribution in [0.15, 0.2) is 4.99 Å². The number of nitrogens with one attached hydrogen (secondary N) is 2. The van der Waals surface area contributed by atoms with Gasteiger partial charge in [0.15, 0.2) is 5.96 Å². The largest absolute Gasteiger partial charge is 0.453 e. The molecule has 2 N–H and O–H groups in total. The number of hydrogen-bond acceptors (Lipinski definition) is 4. The topological polar surface area (TPSA) is 86.3 Å². The summed E-state index contributed by atoms with van der Waals surface area (Å²) in [7, 11) is 4.88. The second-order valence-electron chi connectivity index (χ2n) is 6.95. The molecule has 25 heavy (non-hydrogen) atoms. The van der Waals surface area contributed by atoms with Crippen molar-refractivity contribution in [2.75, 3.05) is 40.8 Å². The predicted octanol–water partition coefficient (Wildman–Crippen LogP) is 0.783. The van der Waals surface area contributed by atoms with E-state index in [1.54, 1.807) is 23.9 Å². The van der Waals surface area contributed by atoms with Gasteiger partial charge in [-0.3, -0.25) is 4.79 Å². The molecule has 0 bridgehead atoms. The number of piperidine rings is 1.